The summed E-state index contributed by atoms with van der Waals surface area (Å²) in [5.74, 6) is -0.166. The molecule has 25 heavy (non-hydrogen) atoms. The molecule has 0 bridgehead atoms. The maximum absolute atomic E-state index is 12.8. The third-order valence-electron chi connectivity index (χ3n) is 3.57. The molecule has 0 saturated heterocycles. The number of carbonyl (C=O) groups is 1. The maximum atomic E-state index is 12.8. The fraction of sp³-hybridized carbons (Fsp3) is 0.188. The van der Waals surface area contributed by atoms with E-state index in [-0.39, 0.29) is 16.1 Å². The Bertz CT molecular complexity index is 1040. The highest BCUT2D eigenvalue weighted by atomic mass is 32.1. The van der Waals surface area contributed by atoms with Crippen LogP contribution < -0.4 is 10.9 Å². The Hall–Kier alpha value is -2.68. The van der Waals surface area contributed by atoms with Crippen LogP contribution in [0.4, 0.5) is 18.9 Å². The van der Waals surface area contributed by atoms with Crippen molar-refractivity contribution in [2.24, 2.45) is 0 Å². The number of carbonyl (C=O) groups excluding carboxylic acids is 1. The van der Waals surface area contributed by atoms with E-state index < -0.39 is 17.6 Å². The zero-order valence-electron chi connectivity index (χ0n) is 13.1. The fourth-order valence-corrected chi connectivity index (χ4v) is 3.55. The van der Waals surface area contributed by atoms with Crippen molar-refractivity contribution in [2.45, 2.75) is 20.0 Å². The number of nitrogens with zero attached hydrogens (tertiary/aromatic N) is 1. The summed E-state index contributed by atoms with van der Waals surface area (Å²) in [6, 6.07) is 4.36. The molecule has 0 spiro atoms. The number of amides is 1. The lowest BCUT2D eigenvalue weighted by molar-refractivity contribution is -0.137. The Labute approximate surface area is 143 Å². The minimum absolute atomic E-state index is 0.0229. The molecule has 3 rings (SSSR count). The van der Waals surface area contributed by atoms with Crippen LogP contribution in [-0.2, 0) is 6.18 Å². The van der Waals surface area contributed by atoms with Crippen molar-refractivity contribution in [1.29, 1.82) is 0 Å². The van der Waals surface area contributed by atoms with Gasteiger partial charge in [0.1, 0.15) is 10.7 Å². The number of nitrogens with one attached hydrogen (secondary N) is 2. The molecular weight excluding hydrogens is 355 g/mol. The van der Waals surface area contributed by atoms with Gasteiger partial charge in [0.25, 0.3) is 11.5 Å². The molecule has 5 nitrogen and oxygen atoms in total. The van der Waals surface area contributed by atoms with Crippen LogP contribution in [-0.4, -0.2) is 15.9 Å². The summed E-state index contributed by atoms with van der Waals surface area (Å²) in [6.45, 7) is 3.23. The Morgan fingerprint density at radius 3 is 2.68 bits per heavy atom. The zero-order chi connectivity index (χ0) is 18.4. The van der Waals surface area contributed by atoms with E-state index in [2.05, 4.69) is 15.3 Å². The maximum Gasteiger partial charge on any atom is 0.416 e. The molecule has 2 heterocycles. The number of thiophene rings is 1. The van der Waals surface area contributed by atoms with Gasteiger partial charge in [-0.3, -0.25) is 9.59 Å². The number of rotatable bonds is 2. The molecule has 130 valence electrons. The fourth-order valence-electron chi connectivity index (χ4n) is 2.43. The van der Waals surface area contributed by atoms with Gasteiger partial charge in [-0.15, -0.1) is 11.3 Å². The molecule has 0 fully saturated rings. The summed E-state index contributed by atoms with van der Waals surface area (Å²) in [5.41, 5.74) is -0.741. The molecule has 0 saturated carbocycles. The van der Waals surface area contributed by atoms with E-state index >= 15 is 0 Å². The number of anilines is 1. The number of aromatic amines is 1. The molecule has 3 aromatic rings. The molecular formula is C16H12F3N3O2S. The molecule has 1 aromatic carbocycles. The average molecular weight is 367 g/mol. The van der Waals surface area contributed by atoms with E-state index in [1.54, 1.807) is 13.8 Å². The van der Waals surface area contributed by atoms with Crippen LogP contribution in [0.2, 0.25) is 0 Å². The molecule has 0 atom stereocenters. The summed E-state index contributed by atoms with van der Waals surface area (Å²) < 4.78 is 38.3. The number of aryl methyl sites for hydroxylation is 2. The minimum Gasteiger partial charge on any atom is -0.321 e. The van der Waals surface area contributed by atoms with Crippen molar-refractivity contribution in [3.63, 3.8) is 0 Å². The average Bonchev–Trinajstić information content (AvgIpc) is 2.83. The predicted octanol–water partition coefficient (Wildman–Crippen LogP) is 3.87. The summed E-state index contributed by atoms with van der Waals surface area (Å²) in [5, 5.41) is 2.75. The van der Waals surface area contributed by atoms with Gasteiger partial charge < -0.3 is 10.3 Å². The van der Waals surface area contributed by atoms with Crippen LogP contribution in [0.5, 0.6) is 0 Å². The van der Waals surface area contributed by atoms with Gasteiger partial charge in [-0.05, 0) is 37.6 Å². The first kappa shape index (κ1) is 17.2. The molecule has 0 aliphatic carbocycles. The lowest BCUT2D eigenvalue weighted by atomic mass is 10.2. The van der Waals surface area contributed by atoms with Gasteiger partial charge >= 0.3 is 6.18 Å². The Kier molecular flexibility index (Phi) is 4.11. The molecule has 0 aliphatic rings. The summed E-state index contributed by atoms with van der Waals surface area (Å²) in [4.78, 5) is 31.9. The Balaban J connectivity index is 1.97. The highest BCUT2D eigenvalue weighted by molar-refractivity contribution is 7.20. The molecule has 0 aliphatic heterocycles. The molecule has 2 N–H and O–H groups in total. The van der Waals surface area contributed by atoms with Crippen LogP contribution >= 0.6 is 11.3 Å². The van der Waals surface area contributed by atoms with Crippen LogP contribution in [0.3, 0.4) is 0 Å². The van der Waals surface area contributed by atoms with Crippen LogP contribution in [0.1, 0.15) is 26.6 Å². The van der Waals surface area contributed by atoms with E-state index in [0.29, 0.717) is 21.6 Å². The number of hydrogen-bond acceptors (Lipinski definition) is 4. The zero-order valence-corrected chi connectivity index (χ0v) is 13.9. The first-order chi connectivity index (χ1) is 11.7. The highest BCUT2D eigenvalue weighted by Crippen LogP contribution is 2.31. The molecule has 2 aromatic heterocycles. The normalized spacial score (nSPS) is 11.7. The molecule has 0 radical (unpaired) electrons. The van der Waals surface area contributed by atoms with Crippen LogP contribution in [0.15, 0.2) is 29.1 Å². The Morgan fingerprint density at radius 2 is 2.00 bits per heavy atom. The standard InChI is InChI=1S/C16H12F3N3O2S/c1-7-11-13(23)20-8(2)21-15(11)25-12(7)14(24)22-10-5-3-4-9(6-10)16(17,18)19/h3-6H,1-2H3,(H,22,24)(H,20,21,23). The van der Waals surface area contributed by atoms with Gasteiger partial charge in [0.05, 0.1) is 15.8 Å². The first-order valence-corrected chi connectivity index (χ1v) is 7.97. The van der Waals surface area contributed by atoms with Crippen LogP contribution in [0, 0.1) is 13.8 Å². The number of aromatic nitrogens is 2. The van der Waals surface area contributed by atoms with Gasteiger partial charge in [-0.2, -0.15) is 13.2 Å². The quantitative estimate of drug-likeness (QED) is 0.722. The topological polar surface area (TPSA) is 74.8 Å². The van der Waals surface area contributed by atoms with Gasteiger partial charge in [0.2, 0.25) is 0 Å². The number of hydrogen-bond donors (Lipinski definition) is 2. The van der Waals surface area contributed by atoms with Crippen molar-refractivity contribution in [3.05, 3.63) is 56.4 Å². The van der Waals surface area contributed by atoms with Crippen LogP contribution in [0.25, 0.3) is 10.2 Å². The molecule has 0 unspecified atom stereocenters. The number of alkyl halides is 3. The number of fused-ring (bicyclic) bond motifs is 1. The lowest BCUT2D eigenvalue weighted by Gasteiger charge is -2.09. The lowest BCUT2D eigenvalue weighted by Crippen LogP contribution is -2.13. The molecule has 1 amide bonds. The summed E-state index contributed by atoms with van der Waals surface area (Å²) in [6.07, 6.45) is -4.50. The number of benzene rings is 1. The van der Waals surface area contributed by atoms with Crippen molar-refractivity contribution in [3.8, 4) is 0 Å². The minimum atomic E-state index is -4.50. The molecule has 9 heteroatoms. The second kappa shape index (κ2) is 5.99. The highest BCUT2D eigenvalue weighted by Gasteiger charge is 2.30. The predicted molar refractivity (Wildman–Crippen MR) is 89.1 cm³/mol. The van der Waals surface area contributed by atoms with Crippen molar-refractivity contribution in [2.75, 3.05) is 5.32 Å². The van der Waals surface area contributed by atoms with Gasteiger partial charge in [0, 0.05) is 5.69 Å². The summed E-state index contributed by atoms with van der Waals surface area (Å²) >= 11 is 1.02. The number of H-pyrrole nitrogens is 1. The smallest absolute Gasteiger partial charge is 0.321 e. The largest absolute Gasteiger partial charge is 0.416 e. The van der Waals surface area contributed by atoms with Gasteiger partial charge in [-0.25, -0.2) is 4.98 Å². The SMILES string of the molecule is Cc1nc2sc(C(=O)Nc3cccc(C(F)(F)F)c3)c(C)c2c(=O)[nH]1. The third kappa shape index (κ3) is 3.27. The first-order valence-electron chi connectivity index (χ1n) is 7.15. The Morgan fingerprint density at radius 1 is 1.28 bits per heavy atom. The van der Waals surface area contributed by atoms with Gasteiger partial charge in [-0.1, -0.05) is 6.07 Å². The monoisotopic (exact) mass is 367 g/mol. The van der Waals surface area contributed by atoms with Gasteiger partial charge in [0.15, 0.2) is 0 Å². The number of halogens is 3. The summed E-state index contributed by atoms with van der Waals surface area (Å²) in [7, 11) is 0. The second-order valence-electron chi connectivity index (χ2n) is 5.42. The second-order valence-corrected chi connectivity index (χ2v) is 6.42. The van der Waals surface area contributed by atoms with Crippen molar-refractivity contribution < 1.29 is 18.0 Å². The van der Waals surface area contributed by atoms with E-state index in [9.17, 15) is 22.8 Å². The van der Waals surface area contributed by atoms with Crippen molar-refractivity contribution in [1.82, 2.24) is 9.97 Å². The van der Waals surface area contributed by atoms with Crippen molar-refractivity contribution >= 4 is 33.1 Å². The van der Waals surface area contributed by atoms with E-state index in [1.807, 2.05) is 0 Å². The van der Waals surface area contributed by atoms with E-state index in [4.69, 9.17) is 0 Å². The van der Waals surface area contributed by atoms with E-state index in [1.165, 1.54) is 12.1 Å². The third-order valence-corrected chi connectivity index (χ3v) is 4.76. The van der Waals surface area contributed by atoms with E-state index in [0.717, 1.165) is 23.5 Å².